The van der Waals surface area contributed by atoms with E-state index in [0.717, 1.165) is 31.2 Å². The van der Waals surface area contributed by atoms with Gasteiger partial charge in [0.2, 0.25) is 0 Å². The van der Waals surface area contributed by atoms with Gasteiger partial charge in [-0.3, -0.25) is 4.79 Å². The lowest BCUT2D eigenvalue weighted by Crippen LogP contribution is -2.23. The Morgan fingerprint density at radius 3 is 2.57 bits per heavy atom. The Labute approximate surface area is 132 Å². The van der Waals surface area contributed by atoms with Crippen molar-refractivity contribution in [2.75, 3.05) is 6.61 Å². The molecule has 6 heteroatoms. The third-order valence-electron chi connectivity index (χ3n) is 4.40. The molecule has 1 spiro atoms. The first-order valence-electron chi connectivity index (χ1n) is 6.85. The van der Waals surface area contributed by atoms with Crippen molar-refractivity contribution in [2.45, 2.75) is 32.1 Å². The molecule has 0 bridgehead atoms. The van der Waals surface area contributed by atoms with E-state index < -0.39 is 12.6 Å². The van der Waals surface area contributed by atoms with Gasteiger partial charge in [-0.1, -0.05) is 36.0 Å². The number of carbonyl (C=O) groups is 2. The number of aliphatic carboxylic acids is 1. The van der Waals surface area contributed by atoms with E-state index >= 15 is 0 Å². The van der Waals surface area contributed by atoms with Crippen LogP contribution in [0.4, 0.5) is 0 Å². The number of hydrogen-bond donors (Lipinski definition) is 1. The van der Waals surface area contributed by atoms with Crippen LogP contribution in [0.1, 0.15) is 41.6 Å². The van der Waals surface area contributed by atoms with E-state index in [1.165, 1.54) is 0 Å². The lowest BCUT2D eigenvalue weighted by Gasteiger charge is -2.19. The Hall–Kier alpha value is -1.26. The van der Waals surface area contributed by atoms with E-state index in [1.807, 2.05) is 0 Å². The molecular formula is C15H14Cl2O4. The fourth-order valence-electron chi connectivity index (χ4n) is 3.45. The Morgan fingerprint density at radius 1 is 1.29 bits per heavy atom. The van der Waals surface area contributed by atoms with Crippen LogP contribution in [0.5, 0.6) is 5.75 Å². The molecule has 3 rings (SSSR count). The van der Waals surface area contributed by atoms with Crippen molar-refractivity contribution in [3.05, 3.63) is 27.2 Å². The maximum absolute atomic E-state index is 12.7. The van der Waals surface area contributed by atoms with Crippen molar-refractivity contribution < 1.29 is 19.4 Å². The maximum atomic E-state index is 12.7. The van der Waals surface area contributed by atoms with Crippen molar-refractivity contribution in [1.29, 1.82) is 0 Å². The number of carboxylic acid groups (broad SMARTS) is 1. The van der Waals surface area contributed by atoms with E-state index in [2.05, 4.69) is 0 Å². The zero-order chi connectivity index (χ0) is 15.2. The second-order valence-corrected chi connectivity index (χ2v) is 6.47. The molecule has 1 aromatic rings. The van der Waals surface area contributed by atoms with Crippen LogP contribution in [0.25, 0.3) is 0 Å². The first-order valence-corrected chi connectivity index (χ1v) is 7.60. The number of carbonyl (C=O) groups excluding carboxylic acids is 1. The zero-order valence-corrected chi connectivity index (χ0v) is 12.8. The molecule has 21 heavy (non-hydrogen) atoms. The van der Waals surface area contributed by atoms with Gasteiger partial charge in [0.05, 0.1) is 5.02 Å². The molecule has 0 aliphatic heterocycles. The number of rotatable bonds is 3. The topological polar surface area (TPSA) is 63.6 Å². The molecule has 1 saturated carbocycles. The van der Waals surface area contributed by atoms with Crippen molar-refractivity contribution >= 4 is 35.0 Å². The summed E-state index contributed by atoms with van der Waals surface area (Å²) in [5.74, 6) is -0.789. The van der Waals surface area contributed by atoms with Gasteiger partial charge >= 0.3 is 5.97 Å². The Balaban J connectivity index is 2.00. The fourth-order valence-corrected chi connectivity index (χ4v) is 3.95. The van der Waals surface area contributed by atoms with E-state index in [0.29, 0.717) is 12.0 Å². The van der Waals surface area contributed by atoms with Crippen molar-refractivity contribution in [3.8, 4) is 5.75 Å². The smallest absolute Gasteiger partial charge is 0.341 e. The predicted molar refractivity (Wildman–Crippen MR) is 78.5 cm³/mol. The Kier molecular flexibility index (Phi) is 3.62. The van der Waals surface area contributed by atoms with Crippen molar-refractivity contribution in [2.24, 2.45) is 5.41 Å². The highest BCUT2D eigenvalue weighted by molar-refractivity contribution is 6.45. The average Bonchev–Trinajstić information content (AvgIpc) is 3.00. The summed E-state index contributed by atoms with van der Waals surface area (Å²) in [5, 5.41) is 8.98. The number of halogens is 2. The average molecular weight is 329 g/mol. The van der Waals surface area contributed by atoms with Crippen LogP contribution >= 0.6 is 23.2 Å². The molecular weight excluding hydrogens is 315 g/mol. The van der Waals surface area contributed by atoms with Crippen LogP contribution in [0.15, 0.2) is 6.07 Å². The Bertz CT molecular complexity index is 633. The van der Waals surface area contributed by atoms with Crippen LogP contribution in [0.3, 0.4) is 0 Å². The minimum absolute atomic E-state index is 0.0756. The first-order chi connectivity index (χ1) is 9.94. The predicted octanol–water partition coefficient (Wildman–Crippen LogP) is 3.76. The maximum Gasteiger partial charge on any atom is 0.341 e. The summed E-state index contributed by atoms with van der Waals surface area (Å²) in [6, 6.07) is 1.66. The third kappa shape index (κ3) is 2.30. The van der Waals surface area contributed by atoms with E-state index in [4.69, 9.17) is 33.0 Å². The zero-order valence-electron chi connectivity index (χ0n) is 11.2. The van der Waals surface area contributed by atoms with Gasteiger partial charge < -0.3 is 9.84 Å². The molecule has 2 aliphatic carbocycles. The van der Waals surface area contributed by atoms with Crippen LogP contribution < -0.4 is 4.74 Å². The van der Waals surface area contributed by atoms with Crippen LogP contribution in [0, 0.1) is 5.41 Å². The standard InChI is InChI=1S/C15H14Cl2O4/c16-12-9(21-7-10(18)19)5-8-6-15(3-1-2-4-15)14(20)11(8)13(12)17/h5H,1-4,6-7H2,(H,18,19). The van der Waals surface area contributed by atoms with Gasteiger partial charge in [-0.2, -0.15) is 0 Å². The first kappa shape index (κ1) is 14.7. The summed E-state index contributed by atoms with van der Waals surface area (Å²) >= 11 is 12.4. The van der Waals surface area contributed by atoms with Crippen LogP contribution in [-0.4, -0.2) is 23.5 Å². The SMILES string of the molecule is O=C(O)COc1cc2c(c(Cl)c1Cl)C(=O)C1(CCCC1)C2. The molecule has 4 nitrogen and oxygen atoms in total. The number of benzene rings is 1. The quantitative estimate of drug-likeness (QED) is 0.917. The van der Waals surface area contributed by atoms with Gasteiger partial charge in [0.15, 0.2) is 12.4 Å². The highest BCUT2D eigenvalue weighted by atomic mass is 35.5. The largest absolute Gasteiger partial charge is 0.480 e. The van der Waals surface area contributed by atoms with Gasteiger partial charge in [0.1, 0.15) is 10.8 Å². The number of carboxylic acids is 1. The molecule has 0 amide bonds. The molecule has 1 N–H and O–H groups in total. The van der Waals surface area contributed by atoms with Crippen molar-refractivity contribution in [1.82, 2.24) is 0 Å². The summed E-state index contributed by atoms with van der Waals surface area (Å²) < 4.78 is 5.16. The number of ketones is 1. The van der Waals surface area contributed by atoms with Crippen LogP contribution in [0.2, 0.25) is 10.0 Å². The summed E-state index contributed by atoms with van der Waals surface area (Å²) in [5.41, 5.74) is 0.976. The molecule has 0 atom stereocenters. The molecule has 0 heterocycles. The Morgan fingerprint density at radius 2 is 1.95 bits per heavy atom. The second kappa shape index (κ2) is 5.18. The van der Waals surface area contributed by atoms with E-state index in [9.17, 15) is 9.59 Å². The number of fused-ring (bicyclic) bond motifs is 1. The number of hydrogen-bond acceptors (Lipinski definition) is 3. The third-order valence-corrected chi connectivity index (χ3v) is 5.25. The minimum atomic E-state index is -1.09. The van der Waals surface area contributed by atoms with E-state index in [1.54, 1.807) is 6.07 Å². The van der Waals surface area contributed by atoms with E-state index in [-0.39, 0.29) is 27.0 Å². The lowest BCUT2D eigenvalue weighted by molar-refractivity contribution is -0.139. The van der Waals surface area contributed by atoms with Gasteiger partial charge in [-0.05, 0) is 30.9 Å². The molecule has 2 aliphatic rings. The highest BCUT2D eigenvalue weighted by Gasteiger charge is 2.48. The molecule has 0 unspecified atom stereocenters. The van der Waals surface area contributed by atoms with Gasteiger partial charge in [-0.15, -0.1) is 0 Å². The summed E-state index contributed by atoms with van der Waals surface area (Å²) in [4.78, 5) is 23.3. The molecule has 112 valence electrons. The molecule has 1 fully saturated rings. The van der Waals surface area contributed by atoms with Crippen LogP contribution in [-0.2, 0) is 11.2 Å². The normalized spacial score (nSPS) is 19.0. The molecule has 0 saturated heterocycles. The fraction of sp³-hybridized carbons (Fsp3) is 0.467. The van der Waals surface area contributed by atoms with Gasteiger partial charge in [-0.25, -0.2) is 4.79 Å². The summed E-state index contributed by atoms with van der Waals surface area (Å²) in [6.07, 6.45) is 4.49. The highest BCUT2D eigenvalue weighted by Crippen LogP contribution is 2.52. The number of Topliss-reactive ketones (excluding diaryl/α,β-unsaturated/α-hetero) is 1. The second-order valence-electron chi connectivity index (χ2n) is 5.71. The number of ether oxygens (including phenoxy) is 1. The van der Waals surface area contributed by atoms with Gasteiger partial charge in [0.25, 0.3) is 0 Å². The summed E-state index contributed by atoms with van der Waals surface area (Å²) in [6.45, 7) is -0.492. The molecule has 0 radical (unpaired) electrons. The monoisotopic (exact) mass is 328 g/mol. The summed E-state index contributed by atoms with van der Waals surface area (Å²) in [7, 11) is 0. The lowest BCUT2D eigenvalue weighted by atomic mass is 9.82. The van der Waals surface area contributed by atoms with Gasteiger partial charge in [0, 0.05) is 11.0 Å². The molecule has 1 aromatic carbocycles. The molecule has 0 aromatic heterocycles. The van der Waals surface area contributed by atoms with Crippen molar-refractivity contribution in [3.63, 3.8) is 0 Å². The minimum Gasteiger partial charge on any atom is -0.480 e.